The van der Waals surface area contributed by atoms with Gasteiger partial charge in [-0.25, -0.2) is 9.37 Å². The molecule has 2 aromatic rings. The Bertz CT molecular complexity index is 626. The van der Waals surface area contributed by atoms with E-state index in [0.29, 0.717) is 30.1 Å². The monoisotopic (exact) mass is 263 g/mol. The van der Waals surface area contributed by atoms with E-state index in [4.69, 9.17) is 5.73 Å². The van der Waals surface area contributed by atoms with Crippen LogP contribution in [0.15, 0.2) is 18.2 Å². The molecule has 0 spiro atoms. The molecule has 1 aromatic heterocycles. The van der Waals surface area contributed by atoms with Crippen LogP contribution in [0.1, 0.15) is 0 Å². The van der Waals surface area contributed by atoms with Gasteiger partial charge < -0.3 is 20.9 Å². The molecule has 0 radical (unpaired) electrons. The summed E-state index contributed by atoms with van der Waals surface area (Å²) >= 11 is 0. The molecule has 1 aliphatic heterocycles. The topological polar surface area (TPSA) is 87.0 Å². The van der Waals surface area contributed by atoms with Crippen LogP contribution in [0, 0.1) is 5.82 Å². The van der Waals surface area contributed by atoms with Crippen LogP contribution in [0.4, 0.5) is 10.3 Å². The number of benzene rings is 1. The SMILES string of the molecule is NC(=O)C1CNCCN1c1nc2ccc(F)cc2[nH]1. The first kappa shape index (κ1) is 11.9. The second kappa shape index (κ2) is 4.51. The van der Waals surface area contributed by atoms with Crippen molar-refractivity contribution in [2.75, 3.05) is 24.5 Å². The molecule has 0 aliphatic carbocycles. The van der Waals surface area contributed by atoms with Crippen molar-refractivity contribution in [3.63, 3.8) is 0 Å². The van der Waals surface area contributed by atoms with E-state index < -0.39 is 11.9 Å². The molecule has 1 unspecified atom stereocenters. The zero-order chi connectivity index (χ0) is 13.4. The Morgan fingerprint density at radius 1 is 1.53 bits per heavy atom. The molecule has 1 amide bonds. The van der Waals surface area contributed by atoms with Gasteiger partial charge in [0.2, 0.25) is 11.9 Å². The van der Waals surface area contributed by atoms with Gasteiger partial charge in [-0.05, 0) is 18.2 Å². The van der Waals surface area contributed by atoms with Crippen molar-refractivity contribution < 1.29 is 9.18 Å². The van der Waals surface area contributed by atoms with Gasteiger partial charge in [-0.1, -0.05) is 0 Å². The predicted molar refractivity (Wildman–Crippen MR) is 69.2 cm³/mol. The highest BCUT2D eigenvalue weighted by Crippen LogP contribution is 2.20. The second-order valence-electron chi connectivity index (χ2n) is 4.54. The van der Waals surface area contributed by atoms with Crippen molar-refractivity contribution in [1.29, 1.82) is 0 Å². The number of rotatable bonds is 2. The van der Waals surface area contributed by atoms with Crippen LogP contribution < -0.4 is 16.0 Å². The number of hydrogen-bond donors (Lipinski definition) is 3. The quantitative estimate of drug-likeness (QED) is 0.710. The number of carbonyl (C=O) groups is 1. The maximum atomic E-state index is 13.1. The van der Waals surface area contributed by atoms with E-state index in [1.807, 2.05) is 4.90 Å². The smallest absolute Gasteiger partial charge is 0.241 e. The molecular weight excluding hydrogens is 249 g/mol. The molecule has 0 saturated carbocycles. The van der Waals surface area contributed by atoms with Crippen molar-refractivity contribution in [1.82, 2.24) is 15.3 Å². The summed E-state index contributed by atoms with van der Waals surface area (Å²) in [6, 6.07) is 3.90. The van der Waals surface area contributed by atoms with Crippen LogP contribution >= 0.6 is 0 Å². The molecule has 0 bridgehead atoms. The van der Waals surface area contributed by atoms with Gasteiger partial charge >= 0.3 is 0 Å². The Morgan fingerprint density at radius 2 is 2.37 bits per heavy atom. The van der Waals surface area contributed by atoms with Crippen molar-refractivity contribution in [3.8, 4) is 0 Å². The molecule has 1 aliphatic rings. The summed E-state index contributed by atoms with van der Waals surface area (Å²) in [6.45, 7) is 1.85. The summed E-state index contributed by atoms with van der Waals surface area (Å²) in [5.74, 6) is -0.181. The zero-order valence-corrected chi connectivity index (χ0v) is 10.2. The number of nitrogens with two attached hydrogens (primary N) is 1. The van der Waals surface area contributed by atoms with Gasteiger partial charge in [0.1, 0.15) is 11.9 Å². The molecule has 100 valence electrons. The number of aromatic nitrogens is 2. The van der Waals surface area contributed by atoms with E-state index in [2.05, 4.69) is 15.3 Å². The molecule has 7 heteroatoms. The van der Waals surface area contributed by atoms with Gasteiger partial charge in [-0.2, -0.15) is 0 Å². The molecular formula is C12H14FN5O. The summed E-state index contributed by atoms with van der Waals surface area (Å²) < 4.78 is 13.1. The fourth-order valence-corrected chi connectivity index (χ4v) is 2.32. The molecule has 1 saturated heterocycles. The van der Waals surface area contributed by atoms with Gasteiger partial charge in [0.25, 0.3) is 0 Å². The zero-order valence-electron chi connectivity index (χ0n) is 10.2. The lowest BCUT2D eigenvalue weighted by Gasteiger charge is -2.33. The molecule has 1 fully saturated rings. The molecule has 2 heterocycles. The van der Waals surface area contributed by atoms with Crippen LogP contribution in [0.3, 0.4) is 0 Å². The first-order valence-corrected chi connectivity index (χ1v) is 6.07. The Labute approximate surface area is 108 Å². The largest absolute Gasteiger partial charge is 0.368 e. The van der Waals surface area contributed by atoms with Crippen molar-refractivity contribution in [2.24, 2.45) is 5.73 Å². The number of carbonyl (C=O) groups excluding carboxylic acids is 1. The van der Waals surface area contributed by atoms with Crippen LogP contribution in [-0.4, -0.2) is 41.6 Å². The third kappa shape index (κ3) is 2.12. The van der Waals surface area contributed by atoms with Gasteiger partial charge in [-0.3, -0.25) is 4.79 Å². The number of hydrogen-bond acceptors (Lipinski definition) is 4. The van der Waals surface area contributed by atoms with E-state index in [9.17, 15) is 9.18 Å². The van der Waals surface area contributed by atoms with Crippen LogP contribution in [0.5, 0.6) is 0 Å². The number of fused-ring (bicyclic) bond motifs is 1. The lowest BCUT2D eigenvalue weighted by molar-refractivity contribution is -0.119. The number of piperazine rings is 1. The number of nitrogens with one attached hydrogen (secondary N) is 2. The molecule has 4 N–H and O–H groups in total. The third-order valence-electron chi connectivity index (χ3n) is 3.28. The van der Waals surface area contributed by atoms with Crippen molar-refractivity contribution in [2.45, 2.75) is 6.04 Å². The van der Waals surface area contributed by atoms with Gasteiger partial charge in [0.15, 0.2) is 0 Å². The minimum absolute atomic E-state index is 0.325. The molecule has 3 rings (SSSR count). The average Bonchev–Trinajstić information content (AvgIpc) is 2.81. The number of primary amides is 1. The lowest BCUT2D eigenvalue weighted by Crippen LogP contribution is -2.57. The number of aromatic amines is 1. The molecule has 1 aromatic carbocycles. The van der Waals surface area contributed by atoms with E-state index in [1.165, 1.54) is 12.1 Å². The summed E-state index contributed by atoms with van der Waals surface area (Å²) in [5, 5.41) is 3.11. The number of imidazole rings is 1. The highest BCUT2D eigenvalue weighted by molar-refractivity contribution is 5.85. The minimum atomic E-state index is -0.445. The van der Waals surface area contributed by atoms with E-state index in [-0.39, 0.29) is 5.82 Å². The minimum Gasteiger partial charge on any atom is -0.368 e. The predicted octanol–water partition coefficient (Wildman–Crippen LogP) is -0.0345. The fraction of sp³-hybridized carbons (Fsp3) is 0.333. The van der Waals surface area contributed by atoms with Gasteiger partial charge in [-0.15, -0.1) is 0 Å². The maximum Gasteiger partial charge on any atom is 0.241 e. The van der Waals surface area contributed by atoms with Crippen molar-refractivity contribution >= 4 is 22.9 Å². The highest BCUT2D eigenvalue weighted by atomic mass is 19.1. The second-order valence-corrected chi connectivity index (χ2v) is 4.54. The third-order valence-corrected chi connectivity index (χ3v) is 3.28. The summed E-state index contributed by atoms with van der Waals surface area (Å²) in [5.41, 5.74) is 6.66. The summed E-state index contributed by atoms with van der Waals surface area (Å²) in [4.78, 5) is 20.7. The Kier molecular flexibility index (Phi) is 2.83. The number of nitrogens with zero attached hydrogens (tertiary/aromatic N) is 2. The number of H-pyrrole nitrogens is 1. The Hall–Kier alpha value is -2.15. The normalized spacial score (nSPS) is 19.8. The van der Waals surface area contributed by atoms with Crippen LogP contribution in [-0.2, 0) is 4.79 Å². The maximum absolute atomic E-state index is 13.1. The van der Waals surface area contributed by atoms with E-state index in [0.717, 1.165) is 6.54 Å². The average molecular weight is 263 g/mol. The number of amides is 1. The first-order valence-electron chi connectivity index (χ1n) is 6.07. The van der Waals surface area contributed by atoms with Crippen molar-refractivity contribution in [3.05, 3.63) is 24.0 Å². The Morgan fingerprint density at radius 3 is 3.16 bits per heavy atom. The van der Waals surface area contributed by atoms with Gasteiger partial charge in [0.05, 0.1) is 11.0 Å². The van der Waals surface area contributed by atoms with Crippen LogP contribution in [0.25, 0.3) is 11.0 Å². The highest BCUT2D eigenvalue weighted by Gasteiger charge is 2.28. The number of halogens is 1. The molecule has 19 heavy (non-hydrogen) atoms. The van der Waals surface area contributed by atoms with E-state index in [1.54, 1.807) is 6.07 Å². The molecule has 1 atom stereocenters. The molecule has 6 nitrogen and oxygen atoms in total. The first-order chi connectivity index (χ1) is 9.15. The lowest BCUT2D eigenvalue weighted by atomic mass is 10.2. The summed E-state index contributed by atoms with van der Waals surface area (Å²) in [7, 11) is 0. The number of anilines is 1. The standard InChI is InChI=1S/C12H14FN5O/c13-7-1-2-8-9(5-7)17-12(16-8)18-4-3-15-6-10(18)11(14)19/h1-2,5,10,15H,3-4,6H2,(H2,14,19)(H,16,17). The van der Waals surface area contributed by atoms with Crippen LogP contribution in [0.2, 0.25) is 0 Å². The fourth-order valence-electron chi connectivity index (χ4n) is 2.32. The van der Waals surface area contributed by atoms with Gasteiger partial charge in [0, 0.05) is 19.6 Å². The summed E-state index contributed by atoms with van der Waals surface area (Å²) in [6.07, 6.45) is 0. The van der Waals surface area contributed by atoms with E-state index >= 15 is 0 Å². The Balaban J connectivity index is 1.99.